The number of alkyl halides is 1. The quantitative estimate of drug-likeness (QED) is 0.218. The Bertz CT molecular complexity index is 861. The number of ether oxygens (including phenoxy) is 2. The Morgan fingerprint density at radius 3 is 2.66 bits per heavy atom. The molecule has 29 heavy (non-hydrogen) atoms. The van der Waals surface area contributed by atoms with Gasteiger partial charge in [0.2, 0.25) is 0 Å². The fourth-order valence-electron chi connectivity index (χ4n) is 2.87. The molecule has 11 heteroatoms. The molecule has 9 nitrogen and oxygen atoms in total. The maximum Gasteiger partial charge on any atom is 0.353 e. The summed E-state index contributed by atoms with van der Waals surface area (Å²) in [6.45, 7) is -0.126. The highest BCUT2D eigenvalue weighted by Crippen LogP contribution is 2.40. The average molecular weight is 532 g/mol. The summed E-state index contributed by atoms with van der Waals surface area (Å²) in [5, 5.41) is 11.5. The molecule has 2 aliphatic heterocycles. The van der Waals surface area contributed by atoms with Gasteiger partial charge in [0.25, 0.3) is 11.8 Å². The third-order valence-corrected chi connectivity index (χ3v) is 5.88. The predicted octanol–water partition coefficient (Wildman–Crippen LogP) is 0.782. The normalized spacial score (nSPS) is 20.4. The van der Waals surface area contributed by atoms with Gasteiger partial charge in [-0.3, -0.25) is 14.5 Å². The lowest BCUT2D eigenvalue weighted by atomic mass is 10.0. The van der Waals surface area contributed by atoms with E-state index in [2.05, 4.69) is 5.32 Å². The molecule has 1 aromatic carbocycles. The average Bonchev–Trinajstić information content (AvgIpc) is 2.73. The number of thioether (sulfide) groups is 1. The number of fused-ring (bicyclic) bond motifs is 1. The lowest BCUT2D eigenvalue weighted by molar-refractivity contribution is -0.151. The Labute approximate surface area is 183 Å². The van der Waals surface area contributed by atoms with E-state index >= 15 is 0 Å². The van der Waals surface area contributed by atoms with Crippen LogP contribution in [0.3, 0.4) is 0 Å². The fourth-order valence-corrected chi connectivity index (χ4v) is 4.42. The summed E-state index contributed by atoms with van der Waals surface area (Å²) >= 11 is 3.22. The van der Waals surface area contributed by atoms with Gasteiger partial charge in [-0.05, 0) is 12.1 Å². The molecule has 2 amide bonds. The first-order valence-electron chi connectivity index (χ1n) is 8.55. The zero-order valence-electron chi connectivity index (χ0n) is 15.0. The monoisotopic (exact) mass is 532 g/mol. The Morgan fingerprint density at radius 2 is 2.00 bits per heavy atom. The molecule has 0 radical (unpaired) electrons. The number of β-lactam (4-membered cyclic amide) rings is 1. The molecule has 0 bridgehead atoms. The third kappa shape index (κ3) is 4.66. The van der Waals surface area contributed by atoms with Gasteiger partial charge in [-0.2, -0.15) is 0 Å². The molecule has 2 heterocycles. The minimum absolute atomic E-state index is 0.0610. The number of carboxylic acid groups (broad SMARTS) is 1. The number of halogens is 1. The van der Waals surface area contributed by atoms with E-state index in [0.29, 0.717) is 10.2 Å². The van der Waals surface area contributed by atoms with Crippen molar-refractivity contribution in [2.75, 3.05) is 23.4 Å². The topological polar surface area (TPSA) is 122 Å². The molecule has 3 rings (SSSR count). The summed E-state index contributed by atoms with van der Waals surface area (Å²) in [6.07, 6.45) is 0. The van der Waals surface area contributed by atoms with Crippen LogP contribution in [-0.2, 0) is 23.9 Å². The van der Waals surface area contributed by atoms with E-state index in [1.807, 2.05) is 28.7 Å². The number of hydrogen-bond donors (Lipinski definition) is 2. The van der Waals surface area contributed by atoms with Crippen LogP contribution < -0.4 is 10.1 Å². The second kappa shape index (κ2) is 9.48. The maximum atomic E-state index is 12.5. The Hall–Kier alpha value is -2.28. The largest absolute Gasteiger partial charge is 0.484 e. The van der Waals surface area contributed by atoms with Gasteiger partial charge in [0.05, 0.1) is 5.57 Å². The number of amides is 2. The molecule has 0 aliphatic carbocycles. The molecule has 0 spiro atoms. The lowest BCUT2D eigenvalue weighted by Gasteiger charge is -2.49. The van der Waals surface area contributed by atoms with Crippen LogP contribution in [0.5, 0.6) is 5.75 Å². The first-order chi connectivity index (χ1) is 13.9. The molecule has 2 atom stereocenters. The zero-order valence-corrected chi connectivity index (χ0v) is 18.0. The highest BCUT2D eigenvalue weighted by Gasteiger charge is 2.55. The number of esters is 1. The van der Waals surface area contributed by atoms with Crippen LogP contribution in [0.1, 0.15) is 0 Å². The molecule has 1 unspecified atom stereocenters. The second-order valence-electron chi connectivity index (χ2n) is 6.01. The van der Waals surface area contributed by atoms with Crippen molar-refractivity contribution in [1.82, 2.24) is 10.2 Å². The van der Waals surface area contributed by atoms with Gasteiger partial charge in [-0.15, -0.1) is 11.8 Å². The summed E-state index contributed by atoms with van der Waals surface area (Å²) in [5.74, 6) is -2.64. The Balaban J connectivity index is 1.65. The first-order valence-corrected chi connectivity index (χ1v) is 11.1. The van der Waals surface area contributed by atoms with E-state index in [1.54, 1.807) is 24.3 Å². The van der Waals surface area contributed by atoms with Crippen LogP contribution in [0.25, 0.3) is 0 Å². The van der Waals surface area contributed by atoms with Crippen molar-refractivity contribution < 1.29 is 33.8 Å². The number of nitrogens with one attached hydrogen (secondary N) is 1. The van der Waals surface area contributed by atoms with Gasteiger partial charge < -0.3 is 19.9 Å². The van der Waals surface area contributed by atoms with Crippen molar-refractivity contribution in [3.63, 3.8) is 0 Å². The van der Waals surface area contributed by atoms with E-state index in [4.69, 9.17) is 9.47 Å². The summed E-state index contributed by atoms with van der Waals surface area (Å²) < 4.78 is 10.9. The van der Waals surface area contributed by atoms with Crippen molar-refractivity contribution >= 4 is 58.1 Å². The number of carbonyl (C=O) groups is 4. The van der Waals surface area contributed by atoms with Gasteiger partial charge in [-0.25, -0.2) is 9.59 Å². The van der Waals surface area contributed by atoms with Gasteiger partial charge in [-0.1, -0.05) is 40.8 Å². The molecule has 1 aromatic rings. The molecule has 2 N–H and O–H groups in total. The van der Waals surface area contributed by atoms with Gasteiger partial charge in [0.15, 0.2) is 6.61 Å². The second-order valence-corrected chi connectivity index (χ2v) is 8.20. The van der Waals surface area contributed by atoms with Crippen molar-refractivity contribution in [2.45, 2.75) is 11.4 Å². The van der Waals surface area contributed by atoms with Gasteiger partial charge >= 0.3 is 11.9 Å². The van der Waals surface area contributed by atoms with Crippen LogP contribution in [0.2, 0.25) is 0 Å². The lowest BCUT2D eigenvalue weighted by Crippen LogP contribution is -2.71. The Kier molecular flexibility index (Phi) is 7.00. The van der Waals surface area contributed by atoms with Crippen LogP contribution in [0.15, 0.2) is 41.6 Å². The number of carbonyl (C=O) groups excluding carboxylic acids is 3. The van der Waals surface area contributed by atoms with Gasteiger partial charge in [0, 0.05) is 10.2 Å². The number of hydrogen-bond acceptors (Lipinski definition) is 7. The van der Waals surface area contributed by atoms with Crippen LogP contribution >= 0.6 is 34.4 Å². The van der Waals surface area contributed by atoms with E-state index in [-0.39, 0.29) is 30.2 Å². The van der Waals surface area contributed by atoms with Crippen molar-refractivity contribution in [1.29, 1.82) is 0 Å². The summed E-state index contributed by atoms with van der Waals surface area (Å²) in [5.41, 5.74) is -0.447. The van der Waals surface area contributed by atoms with E-state index in [0.717, 1.165) is 4.90 Å². The standard InChI is InChI=1S/C18H17IN2O7S/c19-6-7-27-18(26)11-9-29-16-13(15(23)21(16)14(11)17(24)25)20-12(22)8-28-10-4-2-1-3-5-10/h1-5,13,16H,6-9H2,(H,20,22)(H,24,25)/t13?,16-/m1/s1. The van der Waals surface area contributed by atoms with Crippen molar-refractivity contribution in [3.05, 3.63) is 41.6 Å². The van der Waals surface area contributed by atoms with Crippen LogP contribution in [0.4, 0.5) is 0 Å². The van der Waals surface area contributed by atoms with Crippen LogP contribution in [0, 0.1) is 0 Å². The number of rotatable bonds is 8. The highest BCUT2D eigenvalue weighted by atomic mass is 127. The maximum absolute atomic E-state index is 12.5. The van der Waals surface area contributed by atoms with Crippen molar-refractivity contribution in [3.8, 4) is 5.75 Å². The molecule has 0 aromatic heterocycles. The SMILES string of the molecule is O=C(COc1ccccc1)NC1C(=O)N2C(C(=O)O)=C(C(=O)OCCI)CS[C@H]12. The molecule has 154 valence electrons. The Morgan fingerprint density at radius 1 is 1.28 bits per heavy atom. The number of carboxylic acids is 1. The van der Waals surface area contributed by atoms with E-state index in [9.17, 15) is 24.3 Å². The summed E-state index contributed by atoms with van der Waals surface area (Å²) in [6, 6.07) is 7.86. The first kappa shape index (κ1) is 21.4. The van der Waals surface area contributed by atoms with E-state index in [1.165, 1.54) is 11.8 Å². The van der Waals surface area contributed by atoms with Crippen molar-refractivity contribution in [2.24, 2.45) is 0 Å². The van der Waals surface area contributed by atoms with Gasteiger partial charge in [0.1, 0.15) is 29.5 Å². The molecule has 0 saturated carbocycles. The minimum Gasteiger partial charge on any atom is -0.484 e. The number of aliphatic carboxylic acids is 1. The smallest absolute Gasteiger partial charge is 0.353 e. The zero-order chi connectivity index (χ0) is 21.0. The molecular formula is C18H17IN2O7S. The summed E-state index contributed by atoms with van der Waals surface area (Å²) in [7, 11) is 0. The minimum atomic E-state index is -1.39. The van der Waals surface area contributed by atoms with E-state index < -0.39 is 35.2 Å². The predicted molar refractivity (Wildman–Crippen MR) is 111 cm³/mol. The molecule has 2 aliphatic rings. The summed E-state index contributed by atoms with van der Waals surface area (Å²) in [4.78, 5) is 49.5. The molecule has 1 saturated heterocycles. The van der Waals surface area contributed by atoms with Crippen LogP contribution in [-0.4, -0.2) is 68.6 Å². The molecular weight excluding hydrogens is 515 g/mol. The third-order valence-electron chi connectivity index (χ3n) is 4.16. The number of para-hydroxylation sites is 1. The number of benzene rings is 1. The fraction of sp³-hybridized carbons (Fsp3) is 0.333. The molecule has 1 fully saturated rings. The highest BCUT2D eigenvalue weighted by molar-refractivity contribution is 14.1. The number of nitrogens with zero attached hydrogens (tertiary/aromatic N) is 1.